The van der Waals surface area contributed by atoms with Gasteiger partial charge in [0.25, 0.3) is 11.8 Å². The van der Waals surface area contributed by atoms with Crippen LogP contribution in [0.25, 0.3) is 17.7 Å². The molecule has 1 radical (unpaired) electrons. The lowest BCUT2D eigenvalue weighted by atomic mass is 9.93. The zero-order valence-corrected chi connectivity index (χ0v) is 15.0. The Balaban J connectivity index is 1.69. The summed E-state index contributed by atoms with van der Waals surface area (Å²) in [6.45, 7) is 0. The molecule has 3 aromatic rings. The van der Waals surface area contributed by atoms with Gasteiger partial charge in [-0.05, 0) is 41.5 Å². The van der Waals surface area contributed by atoms with E-state index in [-0.39, 0.29) is 5.91 Å². The highest BCUT2D eigenvalue weighted by atomic mass is 16.2. The first-order valence-electron chi connectivity index (χ1n) is 8.87. The van der Waals surface area contributed by atoms with E-state index in [0.717, 1.165) is 16.8 Å². The number of benzene rings is 3. The number of carbonyl (C=O) groups is 2. The first-order chi connectivity index (χ1) is 13.7. The minimum absolute atomic E-state index is 0.384. The molecule has 3 aromatic carbocycles. The van der Waals surface area contributed by atoms with E-state index in [0.29, 0.717) is 16.7 Å². The molecule has 1 aliphatic rings. The van der Waals surface area contributed by atoms with Crippen LogP contribution in [0.15, 0.2) is 79.0 Å². The fourth-order valence-corrected chi connectivity index (χ4v) is 2.98. The van der Waals surface area contributed by atoms with Gasteiger partial charge in [-0.2, -0.15) is 0 Å². The van der Waals surface area contributed by atoms with Gasteiger partial charge in [0, 0.05) is 23.0 Å². The minimum atomic E-state index is -0.420. The fraction of sp³-hybridized carbons (Fsp3) is 0. The van der Waals surface area contributed by atoms with Crippen molar-refractivity contribution in [3.63, 3.8) is 0 Å². The molecule has 0 fully saturated rings. The Morgan fingerprint density at radius 2 is 1.54 bits per heavy atom. The average molecular weight is 365 g/mol. The van der Waals surface area contributed by atoms with Crippen molar-refractivity contribution in [3.8, 4) is 0 Å². The van der Waals surface area contributed by atoms with Crippen molar-refractivity contribution >= 4 is 35.2 Å². The highest BCUT2D eigenvalue weighted by Gasteiger charge is 2.27. The molecular formula is C24H17N2O2. The quantitative estimate of drug-likeness (QED) is 0.410. The lowest BCUT2D eigenvalue weighted by Crippen LogP contribution is -2.36. The van der Waals surface area contributed by atoms with E-state index in [9.17, 15) is 9.59 Å². The second-order valence-corrected chi connectivity index (χ2v) is 6.32. The third-order valence-corrected chi connectivity index (χ3v) is 4.42. The molecule has 0 spiro atoms. The van der Waals surface area contributed by atoms with E-state index in [1.165, 1.54) is 0 Å². The first-order valence-corrected chi connectivity index (χ1v) is 8.87. The van der Waals surface area contributed by atoms with Crippen LogP contribution in [0.2, 0.25) is 0 Å². The van der Waals surface area contributed by atoms with Gasteiger partial charge in [0.05, 0.1) is 5.57 Å². The number of hydrogen-bond donors (Lipinski definition) is 2. The molecule has 0 aromatic heterocycles. The maximum atomic E-state index is 12.4. The van der Waals surface area contributed by atoms with Crippen molar-refractivity contribution in [1.29, 1.82) is 0 Å². The Morgan fingerprint density at radius 1 is 0.786 bits per heavy atom. The van der Waals surface area contributed by atoms with E-state index in [2.05, 4.69) is 16.7 Å². The van der Waals surface area contributed by atoms with Crippen molar-refractivity contribution in [2.45, 2.75) is 0 Å². The number of imide groups is 1. The summed E-state index contributed by atoms with van der Waals surface area (Å²) in [7, 11) is 0. The molecule has 2 amide bonds. The summed E-state index contributed by atoms with van der Waals surface area (Å²) >= 11 is 0. The van der Waals surface area contributed by atoms with Crippen molar-refractivity contribution in [3.05, 3.63) is 107 Å². The van der Waals surface area contributed by atoms with E-state index >= 15 is 0 Å². The molecule has 0 unspecified atom stereocenters. The Labute approximate surface area is 163 Å². The summed E-state index contributed by atoms with van der Waals surface area (Å²) in [5.74, 6) is -0.804. The number of hydrogen-bond acceptors (Lipinski definition) is 3. The molecule has 1 heterocycles. The van der Waals surface area contributed by atoms with E-state index in [1.54, 1.807) is 24.4 Å². The van der Waals surface area contributed by atoms with Crippen LogP contribution in [0, 0.1) is 6.07 Å². The lowest BCUT2D eigenvalue weighted by Gasteiger charge is -2.19. The van der Waals surface area contributed by atoms with Gasteiger partial charge in [-0.15, -0.1) is 0 Å². The monoisotopic (exact) mass is 365 g/mol. The van der Waals surface area contributed by atoms with Gasteiger partial charge in [0.2, 0.25) is 0 Å². The van der Waals surface area contributed by atoms with E-state index in [4.69, 9.17) is 0 Å². The summed E-state index contributed by atoms with van der Waals surface area (Å²) < 4.78 is 0. The summed E-state index contributed by atoms with van der Waals surface area (Å²) in [5, 5.41) is 5.49. The Kier molecular flexibility index (Phi) is 4.85. The zero-order chi connectivity index (χ0) is 19.3. The topological polar surface area (TPSA) is 58.2 Å². The number of nitrogens with one attached hydrogen (secondary N) is 2. The Hall–Kier alpha value is -3.92. The van der Waals surface area contributed by atoms with Gasteiger partial charge in [0.1, 0.15) is 0 Å². The number of rotatable bonds is 4. The maximum absolute atomic E-state index is 12.4. The normalized spacial score (nSPS) is 14.8. The fourth-order valence-electron chi connectivity index (χ4n) is 2.98. The highest BCUT2D eigenvalue weighted by Crippen LogP contribution is 2.26. The van der Waals surface area contributed by atoms with Crippen molar-refractivity contribution in [2.75, 3.05) is 5.32 Å². The van der Waals surface area contributed by atoms with Crippen molar-refractivity contribution in [1.82, 2.24) is 5.32 Å². The van der Waals surface area contributed by atoms with Gasteiger partial charge in [-0.1, -0.05) is 60.7 Å². The highest BCUT2D eigenvalue weighted by molar-refractivity contribution is 6.31. The summed E-state index contributed by atoms with van der Waals surface area (Å²) in [5.41, 5.74) is 4.32. The molecule has 1 aliphatic heterocycles. The Morgan fingerprint density at radius 3 is 2.32 bits per heavy atom. The molecule has 4 rings (SSSR count). The van der Waals surface area contributed by atoms with Gasteiger partial charge in [0.15, 0.2) is 0 Å². The number of fused-ring (bicyclic) bond motifs is 1. The van der Waals surface area contributed by atoms with Crippen LogP contribution in [-0.4, -0.2) is 11.8 Å². The molecule has 28 heavy (non-hydrogen) atoms. The molecule has 0 atom stereocenters. The second-order valence-electron chi connectivity index (χ2n) is 6.32. The molecule has 0 bridgehead atoms. The Bertz CT molecular complexity index is 1080. The largest absolute Gasteiger partial charge is 0.361 e. The minimum Gasteiger partial charge on any atom is -0.361 e. The molecule has 0 saturated carbocycles. The third-order valence-electron chi connectivity index (χ3n) is 4.42. The molecule has 4 heteroatoms. The van der Waals surface area contributed by atoms with Crippen LogP contribution < -0.4 is 10.6 Å². The predicted octanol–water partition coefficient (Wildman–Crippen LogP) is 4.38. The molecular weight excluding hydrogens is 348 g/mol. The van der Waals surface area contributed by atoms with Crippen LogP contribution >= 0.6 is 0 Å². The SMILES string of the molecule is O=C1NC(=O)c2ccc(/C=C/c3ccccc3)cc2/C1=C/Nc1cc[c]cc1. The van der Waals surface area contributed by atoms with Gasteiger partial charge >= 0.3 is 0 Å². The molecule has 135 valence electrons. The predicted molar refractivity (Wildman–Crippen MR) is 111 cm³/mol. The second kappa shape index (κ2) is 7.76. The van der Waals surface area contributed by atoms with E-state index < -0.39 is 5.91 Å². The molecule has 0 aliphatic carbocycles. The number of amides is 2. The standard InChI is InChI=1S/C24H17N2O2/c27-23-20-14-13-18(12-11-17-7-3-1-4-8-17)15-21(20)22(24(28)26-23)16-25-19-9-5-2-6-10-19/h1,3-16,25H,(H,26,27,28)/b12-11+,22-16-. The molecule has 0 saturated heterocycles. The third kappa shape index (κ3) is 3.76. The van der Waals surface area contributed by atoms with Crippen LogP contribution in [0.3, 0.4) is 0 Å². The maximum Gasteiger partial charge on any atom is 0.260 e. The van der Waals surface area contributed by atoms with Crippen LogP contribution in [-0.2, 0) is 4.79 Å². The zero-order valence-electron chi connectivity index (χ0n) is 15.0. The number of carbonyl (C=O) groups excluding carboxylic acids is 2. The average Bonchev–Trinajstić information content (AvgIpc) is 2.73. The van der Waals surface area contributed by atoms with Gasteiger partial charge in [-0.25, -0.2) is 0 Å². The van der Waals surface area contributed by atoms with Crippen molar-refractivity contribution < 1.29 is 9.59 Å². The van der Waals surface area contributed by atoms with Crippen LogP contribution in [0.1, 0.15) is 27.0 Å². The lowest BCUT2D eigenvalue weighted by molar-refractivity contribution is -0.114. The first kappa shape index (κ1) is 17.5. The van der Waals surface area contributed by atoms with E-state index in [1.807, 2.05) is 66.7 Å². The summed E-state index contributed by atoms with van der Waals surface area (Å²) in [4.78, 5) is 24.6. The van der Waals surface area contributed by atoms with Crippen LogP contribution in [0.4, 0.5) is 5.69 Å². The molecule has 2 N–H and O–H groups in total. The smallest absolute Gasteiger partial charge is 0.260 e. The summed E-state index contributed by atoms with van der Waals surface area (Å²) in [6.07, 6.45) is 5.58. The van der Waals surface area contributed by atoms with Crippen molar-refractivity contribution in [2.24, 2.45) is 0 Å². The molecule has 4 nitrogen and oxygen atoms in total. The summed E-state index contributed by atoms with van der Waals surface area (Å²) in [6, 6.07) is 25.6. The van der Waals surface area contributed by atoms with Crippen LogP contribution in [0.5, 0.6) is 0 Å². The van der Waals surface area contributed by atoms with Gasteiger partial charge in [-0.3, -0.25) is 14.9 Å². The van der Waals surface area contributed by atoms with Gasteiger partial charge < -0.3 is 5.32 Å². The number of anilines is 1.